The highest BCUT2D eigenvalue weighted by Crippen LogP contribution is 2.39. The van der Waals surface area contributed by atoms with Crippen molar-refractivity contribution in [2.75, 3.05) is 26.4 Å². The summed E-state index contributed by atoms with van der Waals surface area (Å²) in [5.41, 5.74) is 0. The fourth-order valence-electron chi connectivity index (χ4n) is 2.24. The molecule has 102 valence electrons. The first-order valence-corrected chi connectivity index (χ1v) is 8.91. The average Bonchev–Trinajstić information content (AvgIpc) is 2.76. The van der Waals surface area contributed by atoms with Crippen molar-refractivity contribution in [3.05, 3.63) is 0 Å². The van der Waals surface area contributed by atoms with E-state index in [1.807, 2.05) is 0 Å². The molecule has 1 aliphatic carbocycles. The van der Waals surface area contributed by atoms with Crippen molar-refractivity contribution < 1.29 is 8.42 Å². The molecule has 1 saturated carbocycles. The topological polar surface area (TPSA) is 58.2 Å². The molecule has 0 amide bonds. The van der Waals surface area contributed by atoms with Crippen LogP contribution in [0.5, 0.6) is 0 Å². The van der Waals surface area contributed by atoms with E-state index in [0.717, 1.165) is 12.8 Å². The van der Waals surface area contributed by atoms with Gasteiger partial charge in [0, 0.05) is 17.8 Å². The number of thioether (sulfide) groups is 1. The van der Waals surface area contributed by atoms with E-state index in [2.05, 4.69) is 16.3 Å². The van der Waals surface area contributed by atoms with Crippen molar-refractivity contribution in [2.45, 2.75) is 42.6 Å². The van der Waals surface area contributed by atoms with E-state index in [9.17, 15) is 8.42 Å². The van der Waals surface area contributed by atoms with Crippen LogP contribution >= 0.6 is 11.8 Å². The molecule has 1 aliphatic rings. The molecule has 0 spiro atoms. The number of sulfonamides is 1. The van der Waals surface area contributed by atoms with Crippen molar-refractivity contribution in [3.8, 4) is 0 Å². The molecule has 17 heavy (non-hydrogen) atoms. The standard InChI is InChI=1S/C11H24N2O2S2/c1-10(8-12-2)17(14,15)13-9-11(16-3)6-4-5-7-11/h10,12-13H,4-9H2,1-3H3. The lowest BCUT2D eigenvalue weighted by Gasteiger charge is -2.27. The lowest BCUT2D eigenvalue weighted by molar-refractivity contribution is 0.539. The van der Waals surface area contributed by atoms with Crippen LogP contribution in [0.3, 0.4) is 0 Å². The Hall–Kier alpha value is 0.220. The van der Waals surface area contributed by atoms with Crippen LogP contribution in [0.25, 0.3) is 0 Å². The zero-order valence-electron chi connectivity index (χ0n) is 11.0. The van der Waals surface area contributed by atoms with Gasteiger partial charge in [0.25, 0.3) is 0 Å². The molecule has 0 aliphatic heterocycles. The maximum absolute atomic E-state index is 12.0. The van der Waals surface area contributed by atoms with Gasteiger partial charge in [0.2, 0.25) is 10.0 Å². The van der Waals surface area contributed by atoms with Gasteiger partial charge in [0.15, 0.2) is 0 Å². The number of hydrogen-bond donors (Lipinski definition) is 2. The maximum atomic E-state index is 12.0. The molecule has 1 unspecified atom stereocenters. The van der Waals surface area contributed by atoms with Gasteiger partial charge in [-0.05, 0) is 33.1 Å². The largest absolute Gasteiger partial charge is 0.318 e. The molecule has 2 N–H and O–H groups in total. The molecule has 0 saturated heterocycles. The van der Waals surface area contributed by atoms with E-state index in [4.69, 9.17) is 0 Å². The highest BCUT2D eigenvalue weighted by Gasteiger charge is 2.34. The summed E-state index contributed by atoms with van der Waals surface area (Å²) >= 11 is 1.80. The van der Waals surface area contributed by atoms with Crippen LogP contribution in [0.1, 0.15) is 32.6 Å². The van der Waals surface area contributed by atoms with Crippen LogP contribution in [0.2, 0.25) is 0 Å². The highest BCUT2D eigenvalue weighted by molar-refractivity contribution is 8.00. The normalized spacial score (nSPS) is 21.6. The SMILES string of the molecule is CNCC(C)S(=O)(=O)NCC1(SC)CCCC1. The predicted octanol–water partition coefficient (Wildman–Crippen LogP) is 1.19. The third-order valence-corrected chi connectivity index (χ3v) is 6.76. The third-order valence-electron chi connectivity index (χ3n) is 3.56. The van der Waals surface area contributed by atoms with Gasteiger partial charge >= 0.3 is 0 Å². The van der Waals surface area contributed by atoms with Gasteiger partial charge in [0.1, 0.15) is 0 Å². The molecule has 4 nitrogen and oxygen atoms in total. The summed E-state index contributed by atoms with van der Waals surface area (Å²) in [5.74, 6) is 0. The summed E-state index contributed by atoms with van der Waals surface area (Å²) in [6.45, 7) is 2.80. The monoisotopic (exact) mass is 280 g/mol. The Labute approximate surface area is 109 Å². The Morgan fingerprint density at radius 2 is 1.94 bits per heavy atom. The van der Waals surface area contributed by atoms with Crippen molar-refractivity contribution in [1.82, 2.24) is 10.0 Å². The van der Waals surface area contributed by atoms with E-state index in [-0.39, 0.29) is 10.00 Å². The minimum atomic E-state index is -3.18. The Bertz CT molecular complexity index is 324. The molecule has 0 bridgehead atoms. The van der Waals surface area contributed by atoms with Crippen LogP contribution in [-0.4, -0.2) is 44.8 Å². The summed E-state index contributed by atoms with van der Waals surface area (Å²) < 4.78 is 26.9. The third kappa shape index (κ3) is 4.12. The van der Waals surface area contributed by atoms with Crippen molar-refractivity contribution in [2.24, 2.45) is 0 Å². The Morgan fingerprint density at radius 1 is 1.35 bits per heavy atom. The first kappa shape index (κ1) is 15.3. The molecule has 0 aromatic rings. The highest BCUT2D eigenvalue weighted by atomic mass is 32.2. The van der Waals surface area contributed by atoms with Crippen LogP contribution in [0.15, 0.2) is 0 Å². The second-order valence-electron chi connectivity index (χ2n) is 4.83. The molecule has 1 rings (SSSR count). The van der Waals surface area contributed by atoms with Crippen LogP contribution in [-0.2, 0) is 10.0 Å². The van der Waals surface area contributed by atoms with Gasteiger partial charge in [-0.3, -0.25) is 0 Å². The lowest BCUT2D eigenvalue weighted by Crippen LogP contribution is -2.44. The summed E-state index contributed by atoms with van der Waals surface area (Å²) in [7, 11) is -1.41. The second kappa shape index (κ2) is 6.41. The van der Waals surface area contributed by atoms with E-state index in [1.165, 1.54) is 12.8 Å². The fraction of sp³-hybridized carbons (Fsp3) is 1.00. The van der Waals surface area contributed by atoms with E-state index >= 15 is 0 Å². The molecule has 1 fully saturated rings. The summed E-state index contributed by atoms with van der Waals surface area (Å²) in [6, 6.07) is 0. The minimum Gasteiger partial charge on any atom is -0.318 e. The number of hydrogen-bond acceptors (Lipinski definition) is 4. The van der Waals surface area contributed by atoms with Gasteiger partial charge < -0.3 is 5.32 Å². The molecular formula is C11H24N2O2S2. The van der Waals surface area contributed by atoms with Crippen molar-refractivity contribution in [3.63, 3.8) is 0 Å². The predicted molar refractivity (Wildman–Crippen MR) is 75.0 cm³/mol. The fourth-order valence-corrected chi connectivity index (χ4v) is 4.40. The van der Waals surface area contributed by atoms with Crippen molar-refractivity contribution >= 4 is 21.8 Å². The number of rotatable bonds is 7. The smallest absolute Gasteiger partial charge is 0.215 e. The van der Waals surface area contributed by atoms with E-state index in [0.29, 0.717) is 13.1 Å². The Balaban J connectivity index is 2.54. The van der Waals surface area contributed by atoms with Gasteiger partial charge in [-0.25, -0.2) is 13.1 Å². The zero-order valence-corrected chi connectivity index (χ0v) is 12.6. The molecule has 1 atom stereocenters. The Kier molecular flexibility index (Phi) is 5.76. The van der Waals surface area contributed by atoms with Crippen LogP contribution < -0.4 is 10.0 Å². The van der Waals surface area contributed by atoms with Gasteiger partial charge in [-0.2, -0.15) is 11.8 Å². The van der Waals surface area contributed by atoms with Gasteiger partial charge in [-0.1, -0.05) is 12.8 Å². The average molecular weight is 280 g/mol. The van der Waals surface area contributed by atoms with Gasteiger partial charge in [-0.15, -0.1) is 0 Å². The Morgan fingerprint density at radius 3 is 2.41 bits per heavy atom. The summed E-state index contributed by atoms with van der Waals surface area (Å²) in [5, 5.41) is 2.52. The molecule has 0 radical (unpaired) electrons. The summed E-state index contributed by atoms with van der Waals surface area (Å²) in [6.07, 6.45) is 6.76. The van der Waals surface area contributed by atoms with E-state index < -0.39 is 10.0 Å². The van der Waals surface area contributed by atoms with Crippen LogP contribution in [0.4, 0.5) is 0 Å². The van der Waals surface area contributed by atoms with E-state index in [1.54, 1.807) is 25.7 Å². The molecular weight excluding hydrogens is 256 g/mol. The lowest BCUT2D eigenvalue weighted by atomic mass is 10.1. The first-order chi connectivity index (χ1) is 7.96. The maximum Gasteiger partial charge on any atom is 0.215 e. The summed E-state index contributed by atoms with van der Waals surface area (Å²) in [4.78, 5) is 0. The minimum absolute atomic E-state index is 0.131. The zero-order chi connectivity index (χ0) is 12.9. The molecule has 0 aromatic heterocycles. The molecule has 0 heterocycles. The quantitative estimate of drug-likeness (QED) is 0.735. The molecule has 6 heteroatoms. The van der Waals surface area contributed by atoms with Crippen LogP contribution in [0, 0.1) is 0 Å². The first-order valence-electron chi connectivity index (χ1n) is 6.14. The second-order valence-corrected chi connectivity index (χ2v) is 8.29. The number of nitrogens with one attached hydrogen (secondary N) is 2. The molecule has 0 aromatic carbocycles. The van der Waals surface area contributed by atoms with Crippen molar-refractivity contribution in [1.29, 1.82) is 0 Å². The van der Waals surface area contributed by atoms with Gasteiger partial charge in [0.05, 0.1) is 5.25 Å².